The first kappa shape index (κ1) is 38.8. The van der Waals surface area contributed by atoms with Crippen molar-refractivity contribution in [1.82, 2.24) is 19.6 Å². The molecule has 1 fully saturated rings. The minimum Gasteiger partial charge on any atom is -0.549 e. The van der Waals surface area contributed by atoms with Gasteiger partial charge in [0.05, 0.1) is 23.9 Å². The molecule has 1 heterocycles. The third-order valence-corrected chi connectivity index (χ3v) is 6.12. The molecule has 1 aliphatic heterocycles. The van der Waals surface area contributed by atoms with Gasteiger partial charge in [0.25, 0.3) is 0 Å². The summed E-state index contributed by atoms with van der Waals surface area (Å²) < 4.78 is 0. The number of nitrogens with zero attached hydrogens (tertiary/aromatic N) is 4. The molecule has 14 nitrogen and oxygen atoms in total. The zero-order valence-electron chi connectivity index (χ0n) is 22.1. The van der Waals surface area contributed by atoms with Crippen LogP contribution in [0.4, 0.5) is 0 Å². The topological polar surface area (TPSA) is 222 Å². The third-order valence-electron chi connectivity index (χ3n) is 6.12. The molecule has 38 heavy (non-hydrogen) atoms. The molecule has 0 bridgehead atoms. The molecule has 1 atom stereocenters. The van der Waals surface area contributed by atoms with Gasteiger partial charge < -0.3 is 45.1 Å². The average molecular weight is 688 g/mol. The van der Waals surface area contributed by atoms with E-state index in [1.807, 2.05) is 0 Å². The van der Waals surface area contributed by atoms with E-state index in [4.69, 9.17) is 0 Å². The molecule has 1 saturated heterocycles. The zero-order chi connectivity index (χ0) is 27.5. The van der Waals surface area contributed by atoms with E-state index in [0.717, 1.165) is 0 Å². The van der Waals surface area contributed by atoms with Gasteiger partial charge in [-0.2, -0.15) is 0 Å². The van der Waals surface area contributed by atoms with Crippen LogP contribution in [0.5, 0.6) is 0 Å². The number of hydrogen-bond acceptors (Lipinski definition) is 13. The fourth-order valence-electron chi connectivity index (χ4n) is 3.98. The second-order valence-electron chi connectivity index (χ2n) is 10.0. The molecule has 0 spiro atoms. The molecule has 222 valence electrons. The Balaban J connectivity index is 0. The van der Waals surface area contributed by atoms with E-state index in [1.54, 1.807) is 25.7 Å². The Kier molecular flexibility index (Phi) is 19.3. The molecule has 2 N–H and O–H groups in total. The number of carboxylic acids is 4. The number of hydrogen-bond donors (Lipinski definition) is 0. The van der Waals surface area contributed by atoms with Gasteiger partial charge in [-0.1, -0.05) is 20.8 Å². The van der Waals surface area contributed by atoms with Crippen molar-refractivity contribution in [3.63, 3.8) is 0 Å². The maximum atomic E-state index is 12.4. The van der Waals surface area contributed by atoms with E-state index in [9.17, 15) is 44.4 Å². The molecule has 0 aliphatic carbocycles. The Hall–Kier alpha value is -1.33. The standard InChI is InChI=1S/C23H40N4O9.Gd.H2O/c1-23(2,3)18(28)5-4-17(22(35)36)27-12-10-25(15-20(31)32)8-6-24(14-19(29)30)7-9-26(11-13-27)16-21(33)34;;/h17H,4-16H2,1-3H3,(H,29,30)(H,31,32)(H,33,34)(H,35,36);;1H2/p-4. The summed E-state index contributed by atoms with van der Waals surface area (Å²) in [4.78, 5) is 64.1. The number of carbonyl (C=O) groups is 5. The van der Waals surface area contributed by atoms with Gasteiger partial charge in [0.2, 0.25) is 0 Å². The van der Waals surface area contributed by atoms with Crippen LogP contribution in [0.25, 0.3) is 0 Å². The Morgan fingerprint density at radius 3 is 1.24 bits per heavy atom. The summed E-state index contributed by atoms with van der Waals surface area (Å²) in [6.07, 6.45) is -0.0127. The van der Waals surface area contributed by atoms with Gasteiger partial charge in [0, 0.05) is 130 Å². The Morgan fingerprint density at radius 1 is 0.658 bits per heavy atom. The molecule has 1 rings (SSSR count). The normalized spacial score (nSPS) is 18.1. The van der Waals surface area contributed by atoms with E-state index in [2.05, 4.69) is 0 Å². The second-order valence-corrected chi connectivity index (χ2v) is 10.0. The van der Waals surface area contributed by atoms with E-state index >= 15 is 0 Å². The summed E-state index contributed by atoms with van der Waals surface area (Å²) in [6, 6.07) is -1.15. The predicted octanol–water partition coefficient (Wildman–Crippen LogP) is -6.85. The summed E-state index contributed by atoms with van der Waals surface area (Å²) in [7, 11) is 0. The molecule has 0 radical (unpaired) electrons. The van der Waals surface area contributed by atoms with Crippen molar-refractivity contribution in [2.75, 3.05) is 72.0 Å². The quantitative estimate of drug-likeness (QED) is 0.197. The number of aliphatic carboxylic acids is 4. The summed E-state index contributed by atoms with van der Waals surface area (Å²) in [5.74, 6) is -5.51. The Labute approximate surface area is 254 Å². The molecular formula is C23H38GdN4O10-4. The number of rotatable bonds is 11. The number of ketones is 1. The largest absolute Gasteiger partial charge is 0.549 e. The van der Waals surface area contributed by atoms with Crippen molar-refractivity contribution >= 4 is 29.7 Å². The van der Waals surface area contributed by atoms with Crippen LogP contribution in [0.1, 0.15) is 33.6 Å². The molecule has 0 saturated carbocycles. The van der Waals surface area contributed by atoms with Crippen molar-refractivity contribution in [2.45, 2.75) is 39.7 Å². The first-order chi connectivity index (χ1) is 16.7. The predicted molar refractivity (Wildman–Crippen MR) is 122 cm³/mol. The van der Waals surface area contributed by atoms with Crippen LogP contribution in [0.2, 0.25) is 0 Å². The van der Waals surface area contributed by atoms with Gasteiger partial charge in [-0.25, -0.2) is 0 Å². The first-order valence-electron chi connectivity index (χ1n) is 11.9. The van der Waals surface area contributed by atoms with Crippen LogP contribution >= 0.6 is 0 Å². The summed E-state index contributed by atoms with van der Waals surface area (Å²) in [5.41, 5.74) is -0.647. The molecule has 15 heteroatoms. The first-order valence-corrected chi connectivity index (χ1v) is 11.9. The van der Waals surface area contributed by atoms with E-state index in [0.29, 0.717) is 0 Å². The molecule has 1 aliphatic rings. The average Bonchev–Trinajstić information content (AvgIpc) is 2.72. The molecule has 0 aromatic heterocycles. The molecular weight excluding hydrogens is 650 g/mol. The third kappa shape index (κ3) is 15.9. The monoisotopic (exact) mass is 688 g/mol. The number of Topliss-reactive ketones (excluding diaryl/α,β-unsaturated/α-hetero) is 1. The van der Waals surface area contributed by atoms with Gasteiger partial charge in [0.1, 0.15) is 5.78 Å². The van der Waals surface area contributed by atoms with Crippen molar-refractivity contribution in [3.8, 4) is 0 Å². The van der Waals surface area contributed by atoms with Crippen LogP contribution < -0.4 is 20.4 Å². The van der Waals surface area contributed by atoms with Gasteiger partial charge in [-0.3, -0.25) is 24.4 Å². The van der Waals surface area contributed by atoms with Gasteiger partial charge in [-0.05, 0) is 6.42 Å². The summed E-state index contributed by atoms with van der Waals surface area (Å²) >= 11 is 0. The minimum absolute atomic E-state index is 0. The zero-order valence-corrected chi connectivity index (χ0v) is 24.4. The van der Waals surface area contributed by atoms with Crippen LogP contribution in [-0.4, -0.2) is 133 Å². The molecule has 0 aromatic rings. The Morgan fingerprint density at radius 2 is 0.974 bits per heavy atom. The van der Waals surface area contributed by atoms with Crippen molar-refractivity contribution in [1.29, 1.82) is 0 Å². The van der Waals surface area contributed by atoms with Gasteiger partial charge >= 0.3 is 0 Å². The SMILES string of the molecule is CC(C)(C)C(=O)CCC(C(=O)[O-])N1CCN(CC(=O)[O-])CCN(CC(=O)[O-])CCN(CC(=O)[O-])CC1.O.[Gd]. The van der Waals surface area contributed by atoms with E-state index in [1.165, 1.54) is 14.7 Å². The second kappa shape index (κ2) is 18.9. The van der Waals surface area contributed by atoms with Crippen LogP contribution in [0.15, 0.2) is 0 Å². The summed E-state index contributed by atoms with van der Waals surface area (Å²) in [5, 5.41) is 45.7. The molecule has 1 unspecified atom stereocenters. The van der Waals surface area contributed by atoms with Crippen LogP contribution in [-0.2, 0) is 24.0 Å². The van der Waals surface area contributed by atoms with E-state index in [-0.39, 0.29) is 116 Å². The fourth-order valence-corrected chi connectivity index (χ4v) is 3.98. The summed E-state index contributed by atoms with van der Waals surface area (Å²) in [6.45, 7) is 4.93. The Bertz CT molecular complexity index is 761. The minimum atomic E-state index is -1.39. The van der Waals surface area contributed by atoms with Gasteiger partial charge in [-0.15, -0.1) is 0 Å². The van der Waals surface area contributed by atoms with Gasteiger partial charge in [0.15, 0.2) is 0 Å². The maximum absolute atomic E-state index is 12.4. The van der Waals surface area contributed by atoms with Crippen LogP contribution in [0, 0.1) is 45.4 Å². The van der Waals surface area contributed by atoms with E-state index < -0.39 is 55.0 Å². The van der Waals surface area contributed by atoms with Crippen molar-refractivity contribution in [3.05, 3.63) is 0 Å². The van der Waals surface area contributed by atoms with Crippen molar-refractivity contribution in [2.24, 2.45) is 5.41 Å². The molecule has 0 amide bonds. The van der Waals surface area contributed by atoms with Crippen LogP contribution in [0.3, 0.4) is 0 Å². The maximum Gasteiger partial charge on any atom is 0.138 e. The smallest absolute Gasteiger partial charge is 0.138 e. The number of carboxylic acid groups (broad SMARTS) is 4. The number of carbonyl (C=O) groups excluding carboxylic acids is 5. The fraction of sp³-hybridized carbons (Fsp3) is 0.783. The van der Waals surface area contributed by atoms with Crippen molar-refractivity contribution < 1.29 is 89.8 Å². The molecule has 0 aromatic carbocycles.